The van der Waals surface area contributed by atoms with Crippen LogP contribution in [-0.2, 0) is 4.79 Å². The summed E-state index contributed by atoms with van der Waals surface area (Å²) in [5.41, 5.74) is 1.69. The number of aryl methyl sites for hydroxylation is 1. The molecule has 3 nitrogen and oxygen atoms in total. The van der Waals surface area contributed by atoms with E-state index >= 15 is 0 Å². The third-order valence-electron chi connectivity index (χ3n) is 1.86. The van der Waals surface area contributed by atoms with Crippen molar-refractivity contribution in [1.82, 2.24) is 0 Å². The average Bonchev–Trinajstić information content (AvgIpc) is 2.11. The minimum atomic E-state index is -0.900. The lowest BCUT2D eigenvalue weighted by Crippen LogP contribution is -2.25. The fraction of sp³-hybridized carbons (Fsp3) is 0.300. The summed E-state index contributed by atoms with van der Waals surface area (Å²) < 4.78 is 0. The first-order valence-corrected chi connectivity index (χ1v) is 4.64. The van der Waals surface area contributed by atoms with Crippen molar-refractivity contribution in [3.63, 3.8) is 0 Å². The van der Waals surface area contributed by atoms with Crippen LogP contribution in [0.25, 0.3) is 0 Å². The first-order valence-electron chi connectivity index (χ1n) is 4.26. The molecule has 76 valence electrons. The predicted molar refractivity (Wildman–Crippen MR) is 56.9 cm³/mol. The van der Waals surface area contributed by atoms with Gasteiger partial charge >= 0.3 is 5.97 Å². The quantitative estimate of drug-likeness (QED) is 0.811. The van der Waals surface area contributed by atoms with Crippen LogP contribution >= 0.6 is 11.6 Å². The van der Waals surface area contributed by atoms with Crippen LogP contribution in [0.5, 0.6) is 0 Å². The van der Waals surface area contributed by atoms with Crippen LogP contribution in [0.4, 0.5) is 5.69 Å². The third kappa shape index (κ3) is 2.64. The number of rotatable bonds is 3. The zero-order valence-corrected chi connectivity index (χ0v) is 8.80. The summed E-state index contributed by atoms with van der Waals surface area (Å²) in [7, 11) is 0. The van der Waals surface area contributed by atoms with E-state index in [0.29, 0.717) is 10.7 Å². The number of hydrogen-bond acceptors (Lipinski definition) is 2. The molecule has 0 radical (unpaired) electrons. The van der Waals surface area contributed by atoms with Crippen molar-refractivity contribution in [3.8, 4) is 0 Å². The summed E-state index contributed by atoms with van der Waals surface area (Å²) in [5.74, 6) is -0.900. The van der Waals surface area contributed by atoms with Gasteiger partial charge in [-0.25, -0.2) is 0 Å². The topological polar surface area (TPSA) is 49.3 Å². The summed E-state index contributed by atoms with van der Waals surface area (Å²) >= 11 is 5.89. The number of hydrogen-bond donors (Lipinski definition) is 2. The smallest absolute Gasteiger partial charge is 0.325 e. The zero-order chi connectivity index (χ0) is 10.7. The van der Waals surface area contributed by atoms with Crippen LogP contribution in [-0.4, -0.2) is 17.1 Å². The molecule has 14 heavy (non-hydrogen) atoms. The first kappa shape index (κ1) is 10.9. The molecular weight excluding hydrogens is 202 g/mol. The fourth-order valence-electron chi connectivity index (χ4n) is 1.04. The Morgan fingerprint density at radius 1 is 1.57 bits per heavy atom. The van der Waals surface area contributed by atoms with Crippen LogP contribution in [0.2, 0.25) is 5.02 Å². The highest BCUT2D eigenvalue weighted by molar-refractivity contribution is 6.33. The van der Waals surface area contributed by atoms with Crippen molar-refractivity contribution < 1.29 is 9.90 Å². The van der Waals surface area contributed by atoms with Crippen molar-refractivity contribution >= 4 is 23.3 Å². The Morgan fingerprint density at radius 2 is 2.21 bits per heavy atom. The van der Waals surface area contributed by atoms with Gasteiger partial charge in [0.25, 0.3) is 0 Å². The molecule has 0 aliphatic rings. The molecule has 0 aliphatic carbocycles. The molecular formula is C10H12ClNO2. The van der Waals surface area contributed by atoms with E-state index in [1.54, 1.807) is 13.0 Å². The van der Waals surface area contributed by atoms with Crippen molar-refractivity contribution in [1.29, 1.82) is 0 Å². The van der Waals surface area contributed by atoms with Gasteiger partial charge in [0.1, 0.15) is 6.04 Å². The molecule has 1 unspecified atom stereocenters. The summed E-state index contributed by atoms with van der Waals surface area (Å²) in [6.45, 7) is 3.49. The standard InChI is InChI=1S/C10H12ClNO2/c1-6-3-4-8(11)9(5-6)12-7(2)10(13)14/h3-5,7,12H,1-2H3,(H,13,14). The third-order valence-corrected chi connectivity index (χ3v) is 2.19. The van der Waals surface area contributed by atoms with Gasteiger partial charge in [-0.2, -0.15) is 0 Å². The van der Waals surface area contributed by atoms with Gasteiger partial charge in [-0.05, 0) is 31.5 Å². The van der Waals surface area contributed by atoms with E-state index in [9.17, 15) is 4.79 Å². The molecule has 0 spiro atoms. The number of carbonyl (C=O) groups is 1. The highest BCUT2D eigenvalue weighted by Gasteiger charge is 2.11. The Kier molecular flexibility index (Phi) is 3.36. The van der Waals surface area contributed by atoms with Gasteiger partial charge in [-0.15, -0.1) is 0 Å². The number of nitrogens with one attached hydrogen (secondary N) is 1. The molecule has 0 aliphatic heterocycles. The van der Waals surface area contributed by atoms with Gasteiger partial charge in [-0.3, -0.25) is 4.79 Å². The maximum Gasteiger partial charge on any atom is 0.325 e. The van der Waals surface area contributed by atoms with Gasteiger partial charge in [0.15, 0.2) is 0 Å². The molecule has 0 saturated carbocycles. The zero-order valence-electron chi connectivity index (χ0n) is 8.04. The highest BCUT2D eigenvalue weighted by atomic mass is 35.5. The van der Waals surface area contributed by atoms with E-state index in [-0.39, 0.29) is 0 Å². The van der Waals surface area contributed by atoms with Crippen LogP contribution < -0.4 is 5.32 Å². The van der Waals surface area contributed by atoms with Gasteiger partial charge in [0.05, 0.1) is 10.7 Å². The maximum absolute atomic E-state index is 10.6. The number of halogens is 1. The summed E-state index contributed by atoms with van der Waals surface area (Å²) in [5, 5.41) is 12.0. The minimum Gasteiger partial charge on any atom is -0.480 e. The molecule has 0 bridgehead atoms. The Balaban J connectivity index is 2.85. The van der Waals surface area contributed by atoms with Crippen LogP contribution in [0.15, 0.2) is 18.2 Å². The van der Waals surface area contributed by atoms with E-state index in [0.717, 1.165) is 5.56 Å². The second-order valence-electron chi connectivity index (χ2n) is 3.19. The van der Waals surface area contributed by atoms with Crippen LogP contribution in [0.3, 0.4) is 0 Å². The second kappa shape index (κ2) is 4.33. The predicted octanol–water partition coefficient (Wildman–Crippen LogP) is 2.53. The van der Waals surface area contributed by atoms with Crippen molar-refractivity contribution in [3.05, 3.63) is 28.8 Å². The van der Waals surface area contributed by atoms with Crippen molar-refractivity contribution in [2.45, 2.75) is 19.9 Å². The number of anilines is 1. The van der Waals surface area contributed by atoms with Gasteiger partial charge in [-0.1, -0.05) is 17.7 Å². The SMILES string of the molecule is Cc1ccc(Cl)c(NC(C)C(=O)O)c1. The fourth-order valence-corrected chi connectivity index (χ4v) is 1.22. The van der Waals surface area contributed by atoms with Crippen molar-refractivity contribution in [2.24, 2.45) is 0 Å². The molecule has 0 aromatic heterocycles. The summed E-state index contributed by atoms with van der Waals surface area (Å²) in [6.07, 6.45) is 0. The molecule has 2 N–H and O–H groups in total. The molecule has 0 heterocycles. The normalized spacial score (nSPS) is 12.2. The Hall–Kier alpha value is -1.22. The highest BCUT2D eigenvalue weighted by Crippen LogP contribution is 2.23. The Labute approximate surface area is 87.7 Å². The van der Waals surface area contributed by atoms with Crippen LogP contribution in [0, 0.1) is 6.92 Å². The van der Waals surface area contributed by atoms with E-state index in [1.807, 2.05) is 19.1 Å². The monoisotopic (exact) mass is 213 g/mol. The average molecular weight is 214 g/mol. The summed E-state index contributed by atoms with van der Waals surface area (Å²) in [6, 6.07) is 4.79. The Morgan fingerprint density at radius 3 is 2.79 bits per heavy atom. The van der Waals surface area contributed by atoms with Crippen molar-refractivity contribution in [2.75, 3.05) is 5.32 Å². The molecule has 0 saturated heterocycles. The lowest BCUT2D eigenvalue weighted by atomic mass is 10.2. The minimum absolute atomic E-state index is 0.531. The van der Waals surface area contributed by atoms with Gasteiger partial charge in [0.2, 0.25) is 0 Å². The number of aliphatic carboxylic acids is 1. The molecule has 1 rings (SSSR count). The summed E-state index contributed by atoms with van der Waals surface area (Å²) in [4.78, 5) is 10.6. The van der Waals surface area contributed by atoms with E-state index in [2.05, 4.69) is 5.32 Å². The molecule has 4 heteroatoms. The molecule has 1 atom stereocenters. The van der Waals surface area contributed by atoms with Gasteiger partial charge in [0, 0.05) is 0 Å². The van der Waals surface area contributed by atoms with E-state index in [4.69, 9.17) is 16.7 Å². The number of carboxylic acid groups (broad SMARTS) is 1. The molecule has 1 aromatic rings. The number of benzene rings is 1. The molecule has 0 fully saturated rings. The lowest BCUT2D eigenvalue weighted by molar-refractivity contribution is -0.137. The lowest BCUT2D eigenvalue weighted by Gasteiger charge is -2.12. The van der Waals surface area contributed by atoms with E-state index in [1.165, 1.54) is 0 Å². The number of carboxylic acids is 1. The van der Waals surface area contributed by atoms with Crippen LogP contribution in [0.1, 0.15) is 12.5 Å². The first-order chi connectivity index (χ1) is 6.50. The molecule has 1 aromatic carbocycles. The molecule has 0 amide bonds. The van der Waals surface area contributed by atoms with E-state index < -0.39 is 12.0 Å². The van der Waals surface area contributed by atoms with Gasteiger partial charge < -0.3 is 10.4 Å². The second-order valence-corrected chi connectivity index (χ2v) is 3.59. The maximum atomic E-state index is 10.6. The largest absolute Gasteiger partial charge is 0.480 e. The Bertz CT molecular complexity index is 352.